The monoisotopic (exact) mass is 942 g/mol. The van der Waals surface area contributed by atoms with Crippen LogP contribution in [-0.4, -0.2) is 110 Å². The number of hydrogen-bond acceptors (Lipinski definition) is 14. The Morgan fingerprint density at radius 1 is 0.683 bits per heavy atom. The fraction of sp³-hybridized carbons (Fsp3) is 0.818. The summed E-state index contributed by atoms with van der Waals surface area (Å²) in [5, 5.41) is 40.8. The van der Waals surface area contributed by atoms with Crippen LogP contribution in [0, 0.1) is 5.92 Å². The van der Waals surface area contributed by atoms with Crippen LogP contribution in [0.5, 0.6) is 0 Å². The number of esters is 2. The lowest BCUT2D eigenvalue weighted by Gasteiger charge is -2.36. The molecule has 1 heterocycles. The smallest absolute Gasteiger partial charge is 0.462 e. The first-order chi connectivity index (χ1) is 30.0. The van der Waals surface area contributed by atoms with Gasteiger partial charge in [0.25, 0.3) is 0 Å². The van der Waals surface area contributed by atoms with Crippen molar-refractivity contribution in [2.45, 2.75) is 198 Å². The topological polar surface area (TPSA) is 265 Å². The summed E-state index contributed by atoms with van der Waals surface area (Å²) in [6.07, 6.45) is 24.6. The van der Waals surface area contributed by atoms with Gasteiger partial charge in [-0.2, -0.15) is 0 Å². The van der Waals surface area contributed by atoms with E-state index in [0.717, 1.165) is 57.8 Å². The molecule has 63 heavy (non-hydrogen) atoms. The minimum absolute atomic E-state index is 0.0553. The molecule has 0 spiro atoms. The average Bonchev–Trinajstić information content (AvgIpc) is 3.22. The number of hydrogen-bond donors (Lipinski definition) is 7. The third-order valence-electron chi connectivity index (χ3n) is 10.3. The lowest BCUT2D eigenvalue weighted by Crippen LogP contribution is -2.43. The summed E-state index contributed by atoms with van der Waals surface area (Å²) in [7, 11) is -9.79. The molecule has 7 N–H and O–H groups in total. The van der Waals surface area contributed by atoms with Gasteiger partial charge in [0.05, 0.1) is 38.1 Å². The molecule has 0 saturated carbocycles. The third-order valence-corrected chi connectivity index (χ3v) is 11.7. The number of carbonyl (C=O) groups excluding carboxylic acids is 2. The zero-order valence-corrected chi connectivity index (χ0v) is 39.5. The molecule has 8 atom stereocenters. The van der Waals surface area contributed by atoms with Gasteiger partial charge in [0, 0.05) is 25.2 Å². The molecule has 1 aliphatic rings. The molecule has 0 amide bonds. The first-order valence-corrected chi connectivity index (χ1v) is 26.1. The van der Waals surface area contributed by atoms with Gasteiger partial charge in [0.15, 0.2) is 12.4 Å². The number of allylic oxidation sites excluding steroid dienone is 4. The van der Waals surface area contributed by atoms with E-state index < -0.39 is 90.8 Å². The van der Waals surface area contributed by atoms with Crippen molar-refractivity contribution >= 4 is 27.6 Å². The van der Waals surface area contributed by atoms with Crippen molar-refractivity contribution in [3.8, 4) is 0 Å². The summed E-state index contributed by atoms with van der Waals surface area (Å²) < 4.78 is 53.5. The van der Waals surface area contributed by atoms with Gasteiger partial charge in [0.1, 0.15) is 12.7 Å². The van der Waals surface area contributed by atoms with Gasteiger partial charge in [-0.05, 0) is 57.8 Å². The zero-order chi connectivity index (χ0) is 46.8. The van der Waals surface area contributed by atoms with Gasteiger partial charge in [-0.15, -0.1) is 0 Å². The maximum Gasteiger partial charge on any atom is 0.472 e. The Labute approximate surface area is 375 Å². The Morgan fingerprint density at radius 3 is 1.90 bits per heavy atom. The van der Waals surface area contributed by atoms with Crippen LogP contribution in [0.25, 0.3) is 0 Å². The van der Waals surface area contributed by atoms with Crippen LogP contribution in [0.2, 0.25) is 0 Å². The van der Waals surface area contributed by atoms with Crippen LogP contribution in [-0.2, 0) is 46.5 Å². The van der Waals surface area contributed by atoms with Crippen molar-refractivity contribution < 1.29 is 81.6 Å². The quantitative estimate of drug-likeness (QED) is 0.0134. The molecule has 2 unspecified atom stereocenters. The van der Waals surface area contributed by atoms with Crippen molar-refractivity contribution in [2.75, 3.05) is 26.4 Å². The van der Waals surface area contributed by atoms with E-state index in [-0.39, 0.29) is 25.2 Å². The van der Waals surface area contributed by atoms with Crippen LogP contribution in [0.4, 0.5) is 0 Å². The number of phosphoric acid groups is 2. The second-order valence-corrected chi connectivity index (χ2v) is 18.9. The van der Waals surface area contributed by atoms with E-state index in [1.807, 2.05) is 12.2 Å². The van der Waals surface area contributed by atoms with Crippen molar-refractivity contribution in [1.29, 1.82) is 0 Å². The van der Waals surface area contributed by atoms with Crippen molar-refractivity contribution in [2.24, 2.45) is 5.92 Å². The number of rotatable bonds is 39. The highest BCUT2D eigenvalue weighted by Crippen LogP contribution is 2.44. The lowest BCUT2D eigenvalue weighted by atomic mass is 9.87. The Bertz CT molecular complexity index is 1370. The number of unbranched alkanes of at least 4 members (excludes halogenated alkanes) is 14. The van der Waals surface area contributed by atoms with Gasteiger partial charge in [-0.3, -0.25) is 23.2 Å². The Hall–Kier alpha value is -1.82. The molecule has 1 saturated heterocycles. The molecule has 368 valence electrons. The SMILES string of the molecule is CCCCCCCC/C=C\CCCCCCCC(=O)OC[C@H](COP(=O)(O)OC[C@@H](O)COP(=O)(O)O)OC(=O)CCC/C=C\C[C@H]1[C@@H](O)CC(O)O[C@@H]1/C=C/[C@@H](O)CCCCC. The van der Waals surface area contributed by atoms with Gasteiger partial charge in [0.2, 0.25) is 0 Å². The summed E-state index contributed by atoms with van der Waals surface area (Å²) in [5.74, 6) is -1.60. The van der Waals surface area contributed by atoms with E-state index in [0.29, 0.717) is 32.1 Å². The van der Waals surface area contributed by atoms with E-state index in [4.69, 9.17) is 28.5 Å². The predicted molar refractivity (Wildman–Crippen MR) is 238 cm³/mol. The van der Waals surface area contributed by atoms with Gasteiger partial charge in [-0.25, -0.2) is 9.13 Å². The van der Waals surface area contributed by atoms with Crippen LogP contribution >= 0.6 is 15.6 Å². The van der Waals surface area contributed by atoms with Crippen molar-refractivity contribution in [1.82, 2.24) is 0 Å². The highest BCUT2D eigenvalue weighted by atomic mass is 31.2. The molecule has 0 aromatic carbocycles. The number of phosphoric ester groups is 2. The summed E-state index contributed by atoms with van der Waals surface area (Å²) in [6, 6.07) is 0. The molecular weight excluding hydrogens is 862 g/mol. The molecular formula is C44H80O17P2. The average molecular weight is 943 g/mol. The fourth-order valence-corrected chi connectivity index (χ4v) is 7.83. The van der Waals surface area contributed by atoms with Gasteiger partial charge < -0.3 is 49.3 Å². The summed E-state index contributed by atoms with van der Waals surface area (Å²) in [5.41, 5.74) is 0. The second kappa shape index (κ2) is 36.3. The molecule has 0 radical (unpaired) electrons. The molecule has 0 aliphatic carbocycles. The summed E-state index contributed by atoms with van der Waals surface area (Å²) >= 11 is 0. The molecule has 1 fully saturated rings. The number of aliphatic hydroxyl groups excluding tert-OH is 4. The van der Waals surface area contributed by atoms with Crippen LogP contribution in [0.15, 0.2) is 36.5 Å². The van der Waals surface area contributed by atoms with Crippen LogP contribution in [0.3, 0.4) is 0 Å². The van der Waals surface area contributed by atoms with E-state index in [9.17, 15) is 44.0 Å². The molecule has 19 heteroatoms. The third kappa shape index (κ3) is 34.2. The maximum atomic E-state index is 12.8. The molecule has 0 aromatic heterocycles. The molecule has 1 rings (SSSR count). The first-order valence-electron chi connectivity index (χ1n) is 23.1. The lowest BCUT2D eigenvalue weighted by molar-refractivity contribution is -0.199. The minimum Gasteiger partial charge on any atom is -0.462 e. The van der Waals surface area contributed by atoms with E-state index >= 15 is 0 Å². The summed E-state index contributed by atoms with van der Waals surface area (Å²) in [4.78, 5) is 53.0. The maximum absolute atomic E-state index is 12.8. The molecule has 0 bridgehead atoms. The predicted octanol–water partition coefficient (Wildman–Crippen LogP) is 7.78. The van der Waals surface area contributed by atoms with Crippen LogP contribution < -0.4 is 0 Å². The van der Waals surface area contributed by atoms with Gasteiger partial charge >= 0.3 is 27.6 Å². The molecule has 1 aliphatic heterocycles. The summed E-state index contributed by atoms with van der Waals surface area (Å²) in [6.45, 7) is 1.33. The standard InChI is InChI=1S/C44H80O17P2/c1-3-5-7-8-9-10-11-12-13-14-15-16-17-18-23-27-42(48)56-34-38(35-59-63(54,55)58-33-37(46)32-57-62(51,52)53)60-43(49)28-24-20-19-22-26-39-40(47)31-44(50)61-41(39)30-29-36(45)25-21-6-4-2/h12-13,19,22,29-30,36-41,44-47,50H,3-11,14-18,20-21,23-28,31-35H2,1-2H3,(H,54,55)(H2,51,52,53)/b13-12-,22-19-,30-29+/t36-,37-,38+,39-,40-,41+,44?/m0/s1. The number of carbonyl (C=O) groups is 2. The fourth-order valence-electron chi connectivity index (χ4n) is 6.68. The highest BCUT2D eigenvalue weighted by molar-refractivity contribution is 7.47. The van der Waals surface area contributed by atoms with E-state index in [1.165, 1.54) is 38.5 Å². The number of aliphatic hydroxyl groups is 4. The largest absolute Gasteiger partial charge is 0.472 e. The van der Waals surface area contributed by atoms with Crippen LogP contribution in [0.1, 0.15) is 162 Å². The first kappa shape index (κ1) is 59.2. The number of ether oxygens (including phenoxy) is 3. The van der Waals surface area contributed by atoms with Crippen molar-refractivity contribution in [3.63, 3.8) is 0 Å². The zero-order valence-electron chi connectivity index (χ0n) is 37.7. The van der Waals surface area contributed by atoms with E-state index in [1.54, 1.807) is 12.2 Å². The van der Waals surface area contributed by atoms with Gasteiger partial charge in [-0.1, -0.05) is 121 Å². The second-order valence-electron chi connectivity index (χ2n) is 16.2. The highest BCUT2D eigenvalue weighted by Gasteiger charge is 2.35. The molecule has 17 nitrogen and oxygen atoms in total. The Balaban J connectivity index is 2.60. The Kier molecular flexibility index (Phi) is 34.1. The Morgan fingerprint density at radius 2 is 1.24 bits per heavy atom. The van der Waals surface area contributed by atoms with Crippen molar-refractivity contribution in [3.05, 3.63) is 36.5 Å². The van der Waals surface area contributed by atoms with E-state index in [2.05, 4.69) is 35.0 Å². The molecule has 0 aromatic rings. The minimum atomic E-state index is -4.90. The normalized spacial score (nSPS) is 20.9.